The van der Waals surface area contributed by atoms with Gasteiger partial charge >= 0.3 is 6.09 Å². The number of carbonyl (C=O) groups is 1. The molecule has 2 atom stereocenters. The van der Waals surface area contributed by atoms with Crippen molar-refractivity contribution in [3.05, 3.63) is 0 Å². The maximum Gasteiger partial charge on any atom is 0.407 e. The van der Waals surface area contributed by atoms with Crippen molar-refractivity contribution in [1.82, 2.24) is 5.32 Å². The minimum Gasteiger partial charge on any atom is -0.444 e. The van der Waals surface area contributed by atoms with Gasteiger partial charge in [0, 0.05) is 0 Å². The maximum atomic E-state index is 11.5. The van der Waals surface area contributed by atoms with Crippen LogP contribution in [-0.2, 0) is 4.74 Å². The van der Waals surface area contributed by atoms with Crippen LogP contribution in [0.3, 0.4) is 0 Å². The van der Waals surface area contributed by atoms with Gasteiger partial charge in [-0.15, -0.1) is 0 Å². The zero-order chi connectivity index (χ0) is 12.9. The van der Waals surface area contributed by atoms with Crippen LogP contribution in [0, 0.1) is 5.92 Å². The number of carbonyl (C=O) groups excluding carboxylic acids is 1. The SMILES string of the molecule is CCC(NC(=O)OC(C)(C)C)C(O)C(C)C. The van der Waals surface area contributed by atoms with Crippen LogP contribution in [0.2, 0.25) is 0 Å². The highest BCUT2D eigenvalue weighted by Gasteiger charge is 2.24. The van der Waals surface area contributed by atoms with Gasteiger partial charge in [0.25, 0.3) is 0 Å². The van der Waals surface area contributed by atoms with Crippen LogP contribution in [0.15, 0.2) is 0 Å². The van der Waals surface area contributed by atoms with E-state index in [1.54, 1.807) is 0 Å². The first kappa shape index (κ1) is 15.2. The van der Waals surface area contributed by atoms with Crippen LogP contribution in [0.25, 0.3) is 0 Å². The van der Waals surface area contributed by atoms with Gasteiger partial charge in [0.1, 0.15) is 5.60 Å². The van der Waals surface area contributed by atoms with E-state index in [0.717, 1.165) is 0 Å². The van der Waals surface area contributed by atoms with E-state index in [-0.39, 0.29) is 12.0 Å². The van der Waals surface area contributed by atoms with E-state index in [2.05, 4.69) is 5.32 Å². The molecule has 16 heavy (non-hydrogen) atoms. The second-order valence-electron chi connectivity index (χ2n) is 5.40. The summed E-state index contributed by atoms with van der Waals surface area (Å²) in [4.78, 5) is 11.5. The second kappa shape index (κ2) is 6.09. The fourth-order valence-electron chi connectivity index (χ4n) is 1.35. The molecule has 0 spiro atoms. The normalized spacial score (nSPS) is 15.8. The standard InChI is InChI=1S/C12H25NO3/c1-7-9(10(14)8(2)3)13-11(15)16-12(4,5)6/h8-10,14H,7H2,1-6H3,(H,13,15). The average molecular weight is 231 g/mol. The predicted molar refractivity (Wildman–Crippen MR) is 64.3 cm³/mol. The fraction of sp³-hybridized carbons (Fsp3) is 0.917. The summed E-state index contributed by atoms with van der Waals surface area (Å²) in [6.07, 6.45) is -0.338. The van der Waals surface area contributed by atoms with Gasteiger partial charge in [0.15, 0.2) is 0 Å². The lowest BCUT2D eigenvalue weighted by atomic mass is 9.98. The van der Waals surface area contributed by atoms with Crippen LogP contribution in [0.5, 0.6) is 0 Å². The molecule has 0 aliphatic carbocycles. The second-order valence-corrected chi connectivity index (χ2v) is 5.40. The molecule has 0 heterocycles. The zero-order valence-corrected chi connectivity index (χ0v) is 11.2. The Balaban J connectivity index is 4.28. The lowest BCUT2D eigenvalue weighted by Gasteiger charge is -2.27. The summed E-state index contributed by atoms with van der Waals surface area (Å²) in [5, 5.41) is 12.6. The molecule has 0 aliphatic rings. The number of aliphatic hydroxyl groups is 1. The van der Waals surface area contributed by atoms with Gasteiger partial charge in [-0.25, -0.2) is 4.79 Å². The summed E-state index contributed by atoms with van der Waals surface area (Å²) in [7, 11) is 0. The highest BCUT2D eigenvalue weighted by Crippen LogP contribution is 2.11. The molecular formula is C12H25NO3. The molecule has 0 saturated heterocycles. The van der Waals surface area contributed by atoms with Gasteiger partial charge in [-0.1, -0.05) is 20.8 Å². The van der Waals surface area contributed by atoms with Crippen molar-refractivity contribution < 1.29 is 14.6 Å². The zero-order valence-electron chi connectivity index (χ0n) is 11.2. The Labute approximate surface area is 98.4 Å². The Morgan fingerprint density at radius 2 is 1.88 bits per heavy atom. The number of alkyl carbamates (subject to hydrolysis) is 1. The average Bonchev–Trinajstić information content (AvgIpc) is 2.09. The Bertz CT molecular complexity index is 221. The Morgan fingerprint density at radius 3 is 2.19 bits per heavy atom. The minimum atomic E-state index is -0.544. The molecule has 96 valence electrons. The number of nitrogens with one attached hydrogen (secondary N) is 1. The first-order chi connectivity index (χ1) is 7.17. The van der Waals surface area contributed by atoms with Crippen LogP contribution in [-0.4, -0.2) is 28.9 Å². The van der Waals surface area contributed by atoms with E-state index >= 15 is 0 Å². The molecule has 0 radical (unpaired) electrons. The number of aliphatic hydroxyl groups excluding tert-OH is 1. The molecule has 0 rings (SSSR count). The summed E-state index contributed by atoms with van der Waals surface area (Å²) >= 11 is 0. The van der Waals surface area contributed by atoms with Crippen molar-refractivity contribution >= 4 is 6.09 Å². The fourth-order valence-corrected chi connectivity index (χ4v) is 1.35. The summed E-state index contributed by atoms with van der Waals surface area (Å²) in [5.74, 6) is 0.111. The van der Waals surface area contributed by atoms with Gasteiger partial charge < -0.3 is 15.2 Å². The number of ether oxygens (including phenoxy) is 1. The Hall–Kier alpha value is -0.770. The molecular weight excluding hydrogens is 206 g/mol. The Kier molecular flexibility index (Phi) is 5.79. The van der Waals surface area contributed by atoms with Crippen LogP contribution >= 0.6 is 0 Å². The van der Waals surface area contributed by atoms with E-state index in [0.29, 0.717) is 6.42 Å². The largest absolute Gasteiger partial charge is 0.444 e. The summed E-state index contributed by atoms with van der Waals surface area (Å²) < 4.78 is 5.14. The van der Waals surface area contributed by atoms with E-state index in [9.17, 15) is 9.90 Å². The first-order valence-electron chi connectivity index (χ1n) is 5.85. The smallest absolute Gasteiger partial charge is 0.407 e. The van der Waals surface area contributed by atoms with E-state index in [1.807, 2.05) is 41.5 Å². The molecule has 4 heteroatoms. The third-order valence-corrected chi connectivity index (χ3v) is 2.24. The lowest BCUT2D eigenvalue weighted by Crippen LogP contribution is -2.46. The van der Waals surface area contributed by atoms with Crippen molar-refractivity contribution in [2.45, 2.75) is 65.7 Å². The van der Waals surface area contributed by atoms with E-state index < -0.39 is 17.8 Å². The van der Waals surface area contributed by atoms with Crippen LogP contribution < -0.4 is 5.32 Å². The topological polar surface area (TPSA) is 58.6 Å². The van der Waals surface area contributed by atoms with Crippen LogP contribution in [0.4, 0.5) is 4.79 Å². The molecule has 0 aliphatic heterocycles. The molecule has 0 fully saturated rings. The summed E-state index contributed by atoms with van der Waals surface area (Å²) in [6, 6.07) is -0.255. The molecule has 0 aromatic carbocycles. The van der Waals surface area contributed by atoms with E-state index in [4.69, 9.17) is 4.74 Å². The lowest BCUT2D eigenvalue weighted by molar-refractivity contribution is 0.0353. The molecule has 0 aromatic heterocycles. The predicted octanol–water partition coefficient (Wildman–Crippen LogP) is 2.31. The molecule has 0 saturated carbocycles. The molecule has 4 nitrogen and oxygen atoms in total. The van der Waals surface area contributed by atoms with Crippen molar-refractivity contribution in [3.63, 3.8) is 0 Å². The number of hydrogen-bond acceptors (Lipinski definition) is 3. The van der Waals surface area contributed by atoms with Gasteiger partial charge in [-0.2, -0.15) is 0 Å². The van der Waals surface area contributed by atoms with Gasteiger partial charge in [-0.05, 0) is 33.1 Å². The first-order valence-corrected chi connectivity index (χ1v) is 5.85. The maximum absolute atomic E-state index is 11.5. The minimum absolute atomic E-state index is 0.111. The third kappa shape index (κ3) is 5.95. The summed E-state index contributed by atoms with van der Waals surface area (Å²) in [5.41, 5.74) is -0.509. The highest BCUT2D eigenvalue weighted by atomic mass is 16.6. The summed E-state index contributed by atoms with van der Waals surface area (Å²) in [6.45, 7) is 11.2. The van der Waals surface area contributed by atoms with Crippen molar-refractivity contribution in [2.24, 2.45) is 5.92 Å². The Morgan fingerprint density at radius 1 is 1.38 bits per heavy atom. The molecule has 2 N–H and O–H groups in total. The third-order valence-electron chi connectivity index (χ3n) is 2.24. The molecule has 1 amide bonds. The van der Waals surface area contributed by atoms with Crippen molar-refractivity contribution in [1.29, 1.82) is 0 Å². The van der Waals surface area contributed by atoms with Gasteiger partial charge in [0.05, 0.1) is 12.1 Å². The number of hydrogen-bond donors (Lipinski definition) is 2. The monoisotopic (exact) mass is 231 g/mol. The number of rotatable bonds is 4. The van der Waals surface area contributed by atoms with Crippen molar-refractivity contribution in [3.8, 4) is 0 Å². The van der Waals surface area contributed by atoms with Gasteiger partial charge in [0.2, 0.25) is 0 Å². The molecule has 0 aromatic rings. The van der Waals surface area contributed by atoms with Crippen molar-refractivity contribution in [2.75, 3.05) is 0 Å². The van der Waals surface area contributed by atoms with Crippen LogP contribution in [0.1, 0.15) is 48.0 Å². The van der Waals surface area contributed by atoms with Gasteiger partial charge in [-0.3, -0.25) is 0 Å². The molecule has 0 bridgehead atoms. The molecule has 2 unspecified atom stereocenters. The van der Waals surface area contributed by atoms with E-state index in [1.165, 1.54) is 0 Å². The highest BCUT2D eigenvalue weighted by molar-refractivity contribution is 5.68. The quantitative estimate of drug-likeness (QED) is 0.780. The number of amides is 1.